The molecule has 20 heavy (non-hydrogen) atoms. The van der Waals surface area contributed by atoms with E-state index in [0.717, 1.165) is 31.5 Å². The van der Waals surface area contributed by atoms with E-state index < -0.39 is 0 Å². The van der Waals surface area contributed by atoms with Gasteiger partial charge in [0.25, 0.3) is 0 Å². The summed E-state index contributed by atoms with van der Waals surface area (Å²) in [4.78, 5) is 9.30. The summed E-state index contributed by atoms with van der Waals surface area (Å²) in [5.74, 6) is 1.13. The molecule has 1 aromatic heterocycles. The maximum absolute atomic E-state index is 4.54. The van der Waals surface area contributed by atoms with Crippen molar-refractivity contribution in [3.8, 4) is 0 Å². The summed E-state index contributed by atoms with van der Waals surface area (Å²) >= 11 is 0. The molecule has 0 atom stereocenters. The fourth-order valence-corrected chi connectivity index (χ4v) is 2.68. The highest BCUT2D eigenvalue weighted by atomic mass is 15.2. The minimum Gasteiger partial charge on any atom is -0.356 e. The third-order valence-electron chi connectivity index (χ3n) is 4.04. The molecule has 112 valence electrons. The molecule has 1 aliphatic heterocycles. The van der Waals surface area contributed by atoms with Gasteiger partial charge in [-0.25, -0.2) is 4.98 Å². The third-order valence-corrected chi connectivity index (χ3v) is 4.04. The fraction of sp³-hybridized carbons (Fsp3) is 0.688. The van der Waals surface area contributed by atoms with Gasteiger partial charge in [-0.1, -0.05) is 13.8 Å². The first-order valence-corrected chi connectivity index (χ1v) is 7.66. The number of piperidine rings is 1. The van der Waals surface area contributed by atoms with Gasteiger partial charge in [0.2, 0.25) is 0 Å². The van der Waals surface area contributed by atoms with Crippen LogP contribution in [0.2, 0.25) is 0 Å². The molecule has 0 aliphatic carbocycles. The molecule has 2 rings (SSSR count). The van der Waals surface area contributed by atoms with Crippen LogP contribution in [0.3, 0.4) is 0 Å². The largest absolute Gasteiger partial charge is 0.356 e. The maximum Gasteiger partial charge on any atom is 0.128 e. The van der Waals surface area contributed by atoms with Gasteiger partial charge in [-0.05, 0) is 44.6 Å². The molecule has 4 nitrogen and oxygen atoms in total. The highest BCUT2D eigenvalue weighted by Crippen LogP contribution is 2.20. The number of nitrogens with zero attached hydrogens (tertiary/aromatic N) is 3. The lowest BCUT2D eigenvalue weighted by atomic mass is 10.0. The molecule has 0 radical (unpaired) electrons. The van der Waals surface area contributed by atoms with E-state index in [1.165, 1.54) is 18.4 Å². The first kappa shape index (κ1) is 15.3. The smallest absolute Gasteiger partial charge is 0.128 e. The van der Waals surface area contributed by atoms with Gasteiger partial charge in [0.15, 0.2) is 0 Å². The average Bonchev–Trinajstić information content (AvgIpc) is 2.45. The number of rotatable bonds is 5. The number of hydrogen-bond acceptors (Lipinski definition) is 4. The predicted molar refractivity (Wildman–Crippen MR) is 85.1 cm³/mol. The number of aromatic nitrogens is 1. The molecule has 0 saturated carbocycles. The quantitative estimate of drug-likeness (QED) is 0.892. The van der Waals surface area contributed by atoms with Crippen LogP contribution in [0.4, 0.5) is 5.82 Å². The minimum absolute atomic E-state index is 0.516. The summed E-state index contributed by atoms with van der Waals surface area (Å²) in [6, 6.07) is 5.57. The standard InChI is InChI=1S/C16H28N4/c1-13(2)18-12-14-5-8-17-16(11-14)20-9-6-15(7-10-20)19(3)4/h5,8,11,13,15,18H,6-7,9-10,12H2,1-4H3. The van der Waals surface area contributed by atoms with E-state index in [4.69, 9.17) is 0 Å². The molecule has 1 fully saturated rings. The maximum atomic E-state index is 4.54. The van der Waals surface area contributed by atoms with E-state index in [0.29, 0.717) is 6.04 Å². The molecule has 0 unspecified atom stereocenters. The van der Waals surface area contributed by atoms with Crippen molar-refractivity contribution in [1.29, 1.82) is 0 Å². The SMILES string of the molecule is CC(C)NCc1ccnc(N2CCC(N(C)C)CC2)c1. The van der Waals surface area contributed by atoms with E-state index in [9.17, 15) is 0 Å². The molecule has 1 aliphatic rings. The molecular weight excluding hydrogens is 248 g/mol. The van der Waals surface area contributed by atoms with Gasteiger partial charge in [0, 0.05) is 37.9 Å². The molecule has 1 saturated heterocycles. The lowest BCUT2D eigenvalue weighted by molar-refractivity contribution is 0.249. The zero-order valence-electron chi connectivity index (χ0n) is 13.3. The van der Waals surface area contributed by atoms with Crippen LogP contribution in [0.5, 0.6) is 0 Å². The van der Waals surface area contributed by atoms with E-state index in [-0.39, 0.29) is 0 Å². The summed E-state index contributed by atoms with van der Waals surface area (Å²) in [6.45, 7) is 7.48. The summed E-state index contributed by atoms with van der Waals surface area (Å²) in [7, 11) is 4.35. The Balaban J connectivity index is 1.94. The molecular formula is C16H28N4. The van der Waals surface area contributed by atoms with E-state index in [2.05, 4.69) is 60.2 Å². The van der Waals surface area contributed by atoms with Crippen molar-refractivity contribution in [3.05, 3.63) is 23.9 Å². The molecule has 0 spiro atoms. The Morgan fingerprint density at radius 2 is 2.05 bits per heavy atom. The van der Waals surface area contributed by atoms with Gasteiger partial charge in [0.1, 0.15) is 5.82 Å². The van der Waals surface area contributed by atoms with E-state index >= 15 is 0 Å². The predicted octanol–water partition coefficient (Wildman–Crippen LogP) is 2.11. The number of pyridine rings is 1. The van der Waals surface area contributed by atoms with Gasteiger partial charge in [-0.3, -0.25) is 0 Å². The van der Waals surface area contributed by atoms with Crippen molar-refractivity contribution in [3.63, 3.8) is 0 Å². The molecule has 1 N–H and O–H groups in total. The summed E-state index contributed by atoms with van der Waals surface area (Å²) in [5, 5.41) is 3.46. The van der Waals surface area contributed by atoms with Crippen molar-refractivity contribution in [2.75, 3.05) is 32.1 Å². The van der Waals surface area contributed by atoms with Crippen LogP contribution >= 0.6 is 0 Å². The van der Waals surface area contributed by atoms with Crippen molar-refractivity contribution < 1.29 is 0 Å². The number of anilines is 1. The summed E-state index contributed by atoms with van der Waals surface area (Å²) < 4.78 is 0. The van der Waals surface area contributed by atoms with Crippen molar-refractivity contribution in [2.45, 2.75) is 45.3 Å². The second-order valence-electron chi connectivity index (χ2n) is 6.24. The molecule has 4 heteroatoms. The second kappa shape index (κ2) is 7.04. The average molecular weight is 276 g/mol. The van der Waals surface area contributed by atoms with Crippen LogP contribution in [0.25, 0.3) is 0 Å². The van der Waals surface area contributed by atoms with Crippen LogP contribution in [0.15, 0.2) is 18.3 Å². The van der Waals surface area contributed by atoms with Crippen molar-refractivity contribution in [1.82, 2.24) is 15.2 Å². The normalized spacial score (nSPS) is 17.2. The molecule has 2 heterocycles. The van der Waals surface area contributed by atoms with Crippen molar-refractivity contribution in [2.24, 2.45) is 0 Å². The van der Waals surface area contributed by atoms with Crippen LogP contribution in [0, 0.1) is 0 Å². The lowest BCUT2D eigenvalue weighted by Crippen LogP contribution is -2.42. The van der Waals surface area contributed by atoms with Gasteiger partial charge < -0.3 is 15.1 Å². The zero-order chi connectivity index (χ0) is 14.5. The van der Waals surface area contributed by atoms with Crippen LogP contribution < -0.4 is 10.2 Å². The number of nitrogens with one attached hydrogen (secondary N) is 1. The van der Waals surface area contributed by atoms with E-state index in [1.807, 2.05) is 6.20 Å². The third kappa shape index (κ3) is 4.18. The van der Waals surface area contributed by atoms with Gasteiger partial charge >= 0.3 is 0 Å². The Morgan fingerprint density at radius 3 is 2.65 bits per heavy atom. The van der Waals surface area contributed by atoms with E-state index in [1.54, 1.807) is 0 Å². The van der Waals surface area contributed by atoms with Gasteiger partial charge in [-0.2, -0.15) is 0 Å². The van der Waals surface area contributed by atoms with Gasteiger partial charge in [-0.15, -0.1) is 0 Å². The summed E-state index contributed by atoms with van der Waals surface area (Å²) in [5.41, 5.74) is 1.32. The molecule has 1 aromatic rings. The monoisotopic (exact) mass is 276 g/mol. The van der Waals surface area contributed by atoms with Gasteiger partial charge in [0.05, 0.1) is 0 Å². The lowest BCUT2D eigenvalue weighted by Gasteiger charge is -2.35. The Hall–Kier alpha value is -1.13. The Labute approximate surface area is 123 Å². The Bertz CT molecular complexity index is 409. The second-order valence-corrected chi connectivity index (χ2v) is 6.24. The summed E-state index contributed by atoms with van der Waals surface area (Å²) in [6.07, 6.45) is 4.39. The highest BCUT2D eigenvalue weighted by molar-refractivity contribution is 5.41. The Kier molecular flexibility index (Phi) is 5.38. The van der Waals surface area contributed by atoms with Crippen LogP contribution in [-0.2, 0) is 6.54 Å². The fourth-order valence-electron chi connectivity index (χ4n) is 2.68. The Morgan fingerprint density at radius 1 is 1.35 bits per heavy atom. The molecule has 0 aromatic carbocycles. The highest BCUT2D eigenvalue weighted by Gasteiger charge is 2.21. The van der Waals surface area contributed by atoms with Crippen LogP contribution in [-0.4, -0.2) is 49.2 Å². The first-order chi connectivity index (χ1) is 9.56. The first-order valence-electron chi connectivity index (χ1n) is 7.66. The van der Waals surface area contributed by atoms with Crippen LogP contribution in [0.1, 0.15) is 32.3 Å². The molecule has 0 bridgehead atoms. The molecule has 0 amide bonds. The topological polar surface area (TPSA) is 31.4 Å². The van der Waals surface area contributed by atoms with Crippen molar-refractivity contribution >= 4 is 5.82 Å². The zero-order valence-corrected chi connectivity index (χ0v) is 13.3. The minimum atomic E-state index is 0.516. The number of hydrogen-bond donors (Lipinski definition) is 1.